The minimum atomic E-state index is -1.04. The highest BCUT2D eigenvalue weighted by atomic mass is 16.5. The van der Waals surface area contributed by atoms with Gasteiger partial charge in [-0.05, 0) is 61.9 Å². The van der Waals surface area contributed by atoms with Gasteiger partial charge in [0.1, 0.15) is 5.75 Å². The van der Waals surface area contributed by atoms with Crippen molar-refractivity contribution >= 4 is 52.6 Å². The number of nitrogens with one attached hydrogen (secondary N) is 3. The summed E-state index contributed by atoms with van der Waals surface area (Å²) in [6, 6.07) is 10.9. The number of nitrogens with zero attached hydrogens (tertiary/aromatic N) is 2. The smallest absolute Gasteiger partial charge is 0.337 e. The summed E-state index contributed by atoms with van der Waals surface area (Å²) in [5.74, 6) is -0.724. The van der Waals surface area contributed by atoms with Crippen LogP contribution >= 0.6 is 0 Å². The molecule has 2 aliphatic rings. The molecule has 11 nitrogen and oxygen atoms in total. The van der Waals surface area contributed by atoms with Crippen molar-refractivity contribution < 1.29 is 29.0 Å². The molecule has 2 aliphatic heterocycles. The molecule has 0 bridgehead atoms. The van der Waals surface area contributed by atoms with Crippen molar-refractivity contribution in [1.82, 2.24) is 9.88 Å². The van der Waals surface area contributed by atoms with Gasteiger partial charge in [-0.15, -0.1) is 0 Å². The van der Waals surface area contributed by atoms with Gasteiger partial charge in [0.05, 0.1) is 30.5 Å². The number of amides is 5. The number of H-pyrrole nitrogens is 1. The van der Waals surface area contributed by atoms with E-state index in [1.54, 1.807) is 69.5 Å². The van der Waals surface area contributed by atoms with Crippen molar-refractivity contribution in [3.8, 4) is 5.75 Å². The molecule has 1 saturated heterocycles. The molecule has 3 aromatic rings. The third-order valence-corrected chi connectivity index (χ3v) is 6.67. The number of hydrogen-bond acceptors (Lipinski definition) is 5. The summed E-state index contributed by atoms with van der Waals surface area (Å²) in [5, 5.41) is 14.9. The second-order valence-electron chi connectivity index (χ2n) is 8.96. The van der Waals surface area contributed by atoms with Gasteiger partial charge in [0, 0.05) is 34.9 Å². The van der Waals surface area contributed by atoms with Gasteiger partial charge < -0.3 is 25.5 Å². The zero-order chi connectivity index (χ0) is 27.1. The zero-order valence-corrected chi connectivity index (χ0v) is 20.9. The number of fused-ring (bicyclic) bond motifs is 1. The first-order valence-electron chi connectivity index (χ1n) is 11.8. The van der Waals surface area contributed by atoms with E-state index in [1.807, 2.05) is 0 Å². The van der Waals surface area contributed by atoms with Crippen molar-refractivity contribution in [2.24, 2.45) is 0 Å². The van der Waals surface area contributed by atoms with Crippen LogP contribution in [0.4, 0.5) is 26.7 Å². The number of methoxy groups -OCH3 is 1. The van der Waals surface area contributed by atoms with E-state index in [-0.39, 0.29) is 18.0 Å². The van der Waals surface area contributed by atoms with Crippen molar-refractivity contribution in [3.05, 3.63) is 70.5 Å². The van der Waals surface area contributed by atoms with Crippen LogP contribution in [0.15, 0.2) is 42.5 Å². The van der Waals surface area contributed by atoms with Crippen LogP contribution in [-0.2, 0) is 4.79 Å². The fourth-order valence-corrected chi connectivity index (χ4v) is 4.72. The standard InChI is InChI=1S/C27H25N5O6/c1-14-21(28-15(2)23(14)25(34)35)13-20-19-9-4-16(12-22(19)30-24(20)33)29-26(36)32-11-10-31(27(32)37)17-5-7-18(38-3)8-6-17/h4-9,12-13,28H,10-11H2,1-3H3,(H,29,36)(H,30,33)(H,34,35)/b20-13-. The topological polar surface area (TPSA) is 144 Å². The highest BCUT2D eigenvalue weighted by Crippen LogP contribution is 2.36. The van der Waals surface area contributed by atoms with Gasteiger partial charge >= 0.3 is 18.0 Å². The van der Waals surface area contributed by atoms with Crippen LogP contribution in [0.1, 0.15) is 32.9 Å². The van der Waals surface area contributed by atoms with Crippen LogP contribution in [0.3, 0.4) is 0 Å². The van der Waals surface area contributed by atoms with E-state index in [1.165, 1.54) is 4.90 Å². The number of aromatic carboxylic acids is 1. The first kappa shape index (κ1) is 24.6. The summed E-state index contributed by atoms with van der Waals surface area (Å²) in [5.41, 5.74) is 4.28. The number of ether oxygens (including phenoxy) is 1. The Balaban J connectivity index is 1.32. The van der Waals surface area contributed by atoms with Crippen LogP contribution in [-0.4, -0.2) is 59.1 Å². The maximum Gasteiger partial charge on any atom is 0.337 e. The number of carbonyl (C=O) groups is 4. The number of aromatic nitrogens is 1. The molecule has 0 radical (unpaired) electrons. The van der Waals surface area contributed by atoms with Crippen molar-refractivity contribution in [2.75, 3.05) is 35.7 Å². The number of benzene rings is 2. The predicted octanol–water partition coefficient (Wildman–Crippen LogP) is 4.31. The van der Waals surface area contributed by atoms with E-state index in [2.05, 4.69) is 15.6 Å². The van der Waals surface area contributed by atoms with E-state index >= 15 is 0 Å². The summed E-state index contributed by atoms with van der Waals surface area (Å²) in [7, 11) is 1.56. The predicted molar refractivity (Wildman–Crippen MR) is 142 cm³/mol. The van der Waals surface area contributed by atoms with Crippen LogP contribution in [0.2, 0.25) is 0 Å². The quantitative estimate of drug-likeness (QED) is 0.373. The number of carboxylic acid groups (broad SMARTS) is 1. The molecule has 5 rings (SSSR count). The lowest BCUT2D eigenvalue weighted by Crippen LogP contribution is -2.39. The summed E-state index contributed by atoms with van der Waals surface area (Å²) in [4.78, 5) is 55.7. The molecule has 0 aliphatic carbocycles. The fraction of sp³-hybridized carbons (Fsp3) is 0.185. The van der Waals surface area contributed by atoms with E-state index in [0.29, 0.717) is 57.4 Å². The molecule has 5 amide bonds. The number of anilines is 3. The summed E-state index contributed by atoms with van der Waals surface area (Å²) in [6.45, 7) is 3.92. The number of urea groups is 2. The minimum Gasteiger partial charge on any atom is -0.497 e. The summed E-state index contributed by atoms with van der Waals surface area (Å²) in [6.07, 6.45) is 1.62. The molecule has 0 saturated carbocycles. The lowest BCUT2D eigenvalue weighted by atomic mass is 10.0. The molecule has 0 spiro atoms. The zero-order valence-electron chi connectivity index (χ0n) is 20.9. The molecule has 194 valence electrons. The number of imide groups is 1. The highest BCUT2D eigenvalue weighted by Gasteiger charge is 2.34. The van der Waals surface area contributed by atoms with Gasteiger partial charge in [-0.2, -0.15) is 0 Å². The molecule has 0 unspecified atom stereocenters. The van der Waals surface area contributed by atoms with E-state index in [4.69, 9.17) is 4.74 Å². The van der Waals surface area contributed by atoms with E-state index in [9.17, 15) is 24.3 Å². The number of carboxylic acids is 1. The largest absolute Gasteiger partial charge is 0.497 e. The molecule has 0 atom stereocenters. The van der Waals surface area contributed by atoms with Crippen molar-refractivity contribution in [1.29, 1.82) is 0 Å². The SMILES string of the molecule is COc1ccc(N2CCN(C(=O)Nc3ccc4c(c3)NC(=O)/C4=C\c3[nH]c(C)c(C(=O)O)c3C)C2=O)cc1. The average Bonchev–Trinajstić information content (AvgIpc) is 3.51. The van der Waals surface area contributed by atoms with Gasteiger partial charge in [0.2, 0.25) is 0 Å². The van der Waals surface area contributed by atoms with Crippen LogP contribution < -0.4 is 20.3 Å². The minimum absolute atomic E-state index is 0.176. The molecule has 1 fully saturated rings. The lowest BCUT2D eigenvalue weighted by molar-refractivity contribution is -0.110. The lowest BCUT2D eigenvalue weighted by Gasteiger charge is -2.18. The Morgan fingerprint density at radius 1 is 1.08 bits per heavy atom. The molecule has 4 N–H and O–H groups in total. The molecule has 38 heavy (non-hydrogen) atoms. The number of aromatic amines is 1. The number of rotatable bonds is 5. The third kappa shape index (κ3) is 4.23. The first-order chi connectivity index (χ1) is 18.2. The Hall–Kier alpha value is -5.06. The molecular formula is C27H25N5O6. The molecule has 3 heterocycles. The second-order valence-corrected chi connectivity index (χ2v) is 8.96. The Bertz CT molecular complexity index is 1520. The number of hydrogen-bond donors (Lipinski definition) is 4. The normalized spacial score (nSPS) is 15.6. The average molecular weight is 516 g/mol. The molecule has 2 aromatic carbocycles. The fourth-order valence-electron chi connectivity index (χ4n) is 4.72. The van der Waals surface area contributed by atoms with Crippen molar-refractivity contribution in [2.45, 2.75) is 13.8 Å². The van der Waals surface area contributed by atoms with Gasteiger partial charge in [-0.25, -0.2) is 19.3 Å². The summed E-state index contributed by atoms with van der Waals surface area (Å²) < 4.78 is 5.15. The Morgan fingerprint density at radius 2 is 1.82 bits per heavy atom. The molecular weight excluding hydrogens is 490 g/mol. The third-order valence-electron chi connectivity index (χ3n) is 6.67. The van der Waals surface area contributed by atoms with Gasteiger partial charge in [0.25, 0.3) is 5.91 Å². The first-order valence-corrected chi connectivity index (χ1v) is 11.8. The Kier molecular flexibility index (Phi) is 6.11. The van der Waals surface area contributed by atoms with E-state index in [0.717, 1.165) is 4.90 Å². The van der Waals surface area contributed by atoms with E-state index < -0.39 is 18.0 Å². The van der Waals surface area contributed by atoms with Crippen molar-refractivity contribution in [3.63, 3.8) is 0 Å². The van der Waals surface area contributed by atoms with Crippen LogP contribution in [0.5, 0.6) is 5.75 Å². The number of carbonyl (C=O) groups excluding carboxylic acids is 3. The molecule has 1 aromatic heterocycles. The summed E-state index contributed by atoms with van der Waals surface area (Å²) >= 11 is 0. The van der Waals surface area contributed by atoms with Crippen LogP contribution in [0.25, 0.3) is 11.6 Å². The van der Waals surface area contributed by atoms with Crippen LogP contribution in [0, 0.1) is 13.8 Å². The van der Waals surface area contributed by atoms with Gasteiger partial charge in [0.15, 0.2) is 0 Å². The Morgan fingerprint density at radius 3 is 2.47 bits per heavy atom. The highest BCUT2D eigenvalue weighted by molar-refractivity contribution is 6.35. The maximum absolute atomic E-state index is 12.9. The van der Waals surface area contributed by atoms with Gasteiger partial charge in [-0.3, -0.25) is 9.69 Å². The maximum atomic E-state index is 12.9. The number of aryl methyl sites for hydroxylation is 1. The molecule has 11 heteroatoms. The van der Waals surface area contributed by atoms with Gasteiger partial charge in [-0.1, -0.05) is 6.07 Å². The monoisotopic (exact) mass is 515 g/mol. The second kappa shape index (κ2) is 9.43. The Labute approximate surface area is 217 Å².